The fourth-order valence-corrected chi connectivity index (χ4v) is 11.4. The highest BCUT2D eigenvalue weighted by atomic mass is 32.1. The van der Waals surface area contributed by atoms with Crippen molar-refractivity contribution >= 4 is 31.5 Å². The van der Waals surface area contributed by atoms with Gasteiger partial charge in [-0.1, -0.05) is 184 Å². The van der Waals surface area contributed by atoms with E-state index in [-0.39, 0.29) is 5.41 Å². The summed E-state index contributed by atoms with van der Waals surface area (Å²) in [5, 5.41) is 2.60. The van der Waals surface area contributed by atoms with Crippen molar-refractivity contribution in [3.8, 4) is 56.4 Å². The zero-order valence-electron chi connectivity index (χ0n) is 32.6. The SMILES string of the molecule is CC1(C)c2ccccc2C2(c3ccc(-c4cccc5sc6ccccc6c45)cc3-c3c(-c4nc(-c5ccccc5)nc(-c5ccccc5)n4)cccc32)c2ccccc21. The monoisotopic (exact) mass is 771 g/mol. The van der Waals surface area contributed by atoms with Gasteiger partial charge in [0.2, 0.25) is 0 Å². The first-order valence-corrected chi connectivity index (χ1v) is 21.1. The van der Waals surface area contributed by atoms with Crippen molar-refractivity contribution in [2.75, 3.05) is 0 Å². The maximum absolute atomic E-state index is 5.32. The summed E-state index contributed by atoms with van der Waals surface area (Å²) in [6.07, 6.45) is 0. The molecule has 0 atom stereocenters. The van der Waals surface area contributed by atoms with Crippen molar-refractivity contribution in [2.24, 2.45) is 0 Å². The van der Waals surface area contributed by atoms with Crippen molar-refractivity contribution in [1.29, 1.82) is 0 Å². The van der Waals surface area contributed by atoms with Crippen molar-refractivity contribution in [3.63, 3.8) is 0 Å². The Morgan fingerprint density at radius 1 is 0.373 bits per heavy atom. The molecule has 278 valence electrons. The number of hydrogen-bond donors (Lipinski definition) is 0. The third-order valence-corrected chi connectivity index (χ3v) is 14.0. The summed E-state index contributed by atoms with van der Waals surface area (Å²) in [6.45, 7) is 4.75. The quantitative estimate of drug-likeness (QED) is 0.179. The molecule has 0 saturated carbocycles. The van der Waals surface area contributed by atoms with Crippen molar-refractivity contribution in [2.45, 2.75) is 24.7 Å². The minimum absolute atomic E-state index is 0.196. The standard InChI is InChI=1S/C55H37N3S/c1-54(2)42-24-10-12-26-44(42)55(45-27-13-11-25-43(45)54)41-32-31-36(37-22-16-30-48-50(37)38-21-9-14-29-47(38)59-48)33-40(41)49-39(23-15-28-46(49)55)53-57-51(34-17-5-3-6-18-34)56-52(58-53)35-19-7-4-8-20-35/h3-33H,1-2H3. The summed E-state index contributed by atoms with van der Waals surface area (Å²) < 4.78 is 2.60. The van der Waals surface area contributed by atoms with Gasteiger partial charge < -0.3 is 0 Å². The Hall–Kier alpha value is -7.01. The average Bonchev–Trinajstić information content (AvgIpc) is 3.83. The number of aromatic nitrogens is 3. The Morgan fingerprint density at radius 3 is 1.58 bits per heavy atom. The lowest BCUT2D eigenvalue weighted by molar-refractivity contribution is 0.563. The molecule has 0 fully saturated rings. The summed E-state index contributed by atoms with van der Waals surface area (Å²) in [7, 11) is 0. The van der Waals surface area contributed by atoms with Gasteiger partial charge in [-0.2, -0.15) is 0 Å². The molecule has 0 N–H and O–H groups in total. The molecule has 1 spiro atoms. The van der Waals surface area contributed by atoms with Crippen LogP contribution in [0.2, 0.25) is 0 Å². The number of nitrogens with zero attached hydrogens (tertiary/aromatic N) is 3. The van der Waals surface area contributed by atoms with Crippen LogP contribution in [0.3, 0.4) is 0 Å². The molecule has 0 bridgehead atoms. The molecule has 8 aromatic carbocycles. The Bertz CT molecular complexity index is 3200. The van der Waals surface area contributed by atoms with Crippen LogP contribution in [0.15, 0.2) is 188 Å². The zero-order chi connectivity index (χ0) is 39.3. The smallest absolute Gasteiger partial charge is 0.164 e. The van der Waals surface area contributed by atoms with Crippen LogP contribution in [-0.4, -0.2) is 15.0 Å². The van der Waals surface area contributed by atoms with E-state index in [4.69, 9.17) is 15.0 Å². The molecule has 0 amide bonds. The normalized spacial score (nSPS) is 14.2. The first kappa shape index (κ1) is 34.1. The predicted octanol–water partition coefficient (Wildman–Crippen LogP) is 13.9. The molecule has 2 heterocycles. The van der Waals surface area contributed by atoms with E-state index in [9.17, 15) is 0 Å². The second-order valence-corrected chi connectivity index (χ2v) is 17.4. The van der Waals surface area contributed by atoms with E-state index in [1.807, 2.05) is 47.7 Å². The zero-order valence-corrected chi connectivity index (χ0v) is 33.5. The van der Waals surface area contributed by atoms with Crippen LogP contribution in [0.25, 0.3) is 76.6 Å². The lowest BCUT2D eigenvalue weighted by Gasteiger charge is -2.46. The van der Waals surface area contributed by atoms with E-state index in [1.54, 1.807) is 0 Å². The van der Waals surface area contributed by atoms with Crippen LogP contribution in [-0.2, 0) is 10.8 Å². The predicted molar refractivity (Wildman–Crippen MR) is 244 cm³/mol. The molecule has 2 aliphatic rings. The molecule has 4 heteroatoms. The van der Waals surface area contributed by atoms with Gasteiger partial charge >= 0.3 is 0 Å². The molecule has 12 rings (SSSR count). The van der Waals surface area contributed by atoms with E-state index < -0.39 is 5.41 Å². The maximum atomic E-state index is 5.32. The van der Waals surface area contributed by atoms with Gasteiger partial charge in [-0.05, 0) is 73.8 Å². The summed E-state index contributed by atoms with van der Waals surface area (Å²) in [5.74, 6) is 1.96. The average molecular weight is 772 g/mol. The van der Waals surface area contributed by atoms with Gasteiger partial charge in [0.25, 0.3) is 0 Å². The number of rotatable bonds is 4. The van der Waals surface area contributed by atoms with Crippen LogP contribution in [0.1, 0.15) is 47.2 Å². The Morgan fingerprint density at radius 2 is 0.898 bits per heavy atom. The van der Waals surface area contributed by atoms with Crippen LogP contribution in [0, 0.1) is 0 Å². The van der Waals surface area contributed by atoms with Crippen LogP contribution < -0.4 is 0 Å². The van der Waals surface area contributed by atoms with Gasteiger partial charge in [0.1, 0.15) is 0 Å². The summed E-state index contributed by atoms with van der Waals surface area (Å²) in [4.78, 5) is 15.7. The topological polar surface area (TPSA) is 38.7 Å². The highest BCUT2D eigenvalue weighted by molar-refractivity contribution is 7.25. The molecular weight excluding hydrogens is 735 g/mol. The largest absolute Gasteiger partial charge is 0.208 e. The maximum Gasteiger partial charge on any atom is 0.164 e. The highest BCUT2D eigenvalue weighted by Crippen LogP contribution is 2.63. The van der Waals surface area contributed by atoms with Gasteiger partial charge in [-0.3, -0.25) is 0 Å². The molecule has 0 radical (unpaired) electrons. The van der Waals surface area contributed by atoms with E-state index in [2.05, 4.69) is 166 Å². The third kappa shape index (κ3) is 4.84. The Balaban J connectivity index is 1.20. The molecule has 0 unspecified atom stereocenters. The van der Waals surface area contributed by atoms with Crippen molar-refractivity contribution < 1.29 is 0 Å². The van der Waals surface area contributed by atoms with E-state index in [0.717, 1.165) is 16.7 Å². The Kier molecular flexibility index (Phi) is 7.36. The van der Waals surface area contributed by atoms with Crippen molar-refractivity contribution in [3.05, 3.63) is 221 Å². The molecule has 0 aliphatic heterocycles. The molecule has 59 heavy (non-hydrogen) atoms. The third-order valence-electron chi connectivity index (χ3n) is 12.8. The summed E-state index contributed by atoms with van der Waals surface area (Å²) in [6, 6.07) is 68.3. The van der Waals surface area contributed by atoms with Crippen LogP contribution in [0.5, 0.6) is 0 Å². The molecule has 3 nitrogen and oxygen atoms in total. The highest BCUT2D eigenvalue weighted by Gasteiger charge is 2.54. The van der Waals surface area contributed by atoms with Gasteiger partial charge in [0.05, 0.1) is 5.41 Å². The summed E-state index contributed by atoms with van der Waals surface area (Å²) >= 11 is 1.86. The number of thiophene rings is 1. The van der Waals surface area contributed by atoms with E-state index in [1.165, 1.54) is 75.8 Å². The molecule has 0 saturated heterocycles. The number of fused-ring (bicyclic) bond motifs is 12. The molecular formula is C55H37N3S. The number of hydrogen-bond acceptors (Lipinski definition) is 4. The Labute approximate surface area is 347 Å². The minimum Gasteiger partial charge on any atom is -0.208 e. The second kappa shape index (κ2) is 12.7. The first-order valence-electron chi connectivity index (χ1n) is 20.3. The fourth-order valence-electron chi connectivity index (χ4n) is 10.3. The van der Waals surface area contributed by atoms with E-state index >= 15 is 0 Å². The minimum atomic E-state index is -0.569. The lowest BCUT2D eigenvalue weighted by atomic mass is 9.55. The van der Waals surface area contributed by atoms with Gasteiger partial charge in [-0.25, -0.2) is 15.0 Å². The van der Waals surface area contributed by atoms with Gasteiger partial charge in [0, 0.05) is 42.3 Å². The molecule has 2 aliphatic carbocycles. The van der Waals surface area contributed by atoms with Crippen molar-refractivity contribution in [1.82, 2.24) is 15.0 Å². The first-order chi connectivity index (χ1) is 29.0. The molecule has 2 aromatic heterocycles. The summed E-state index contributed by atoms with van der Waals surface area (Å²) in [5.41, 5.74) is 14.8. The second-order valence-electron chi connectivity index (χ2n) is 16.3. The van der Waals surface area contributed by atoms with Crippen LogP contribution in [0.4, 0.5) is 0 Å². The van der Waals surface area contributed by atoms with Crippen LogP contribution >= 0.6 is 11.3 Å². The fraction of sp³-hybridized carbons (Fsp3) is 0.0727. The number of benzene rings is 8. The van der Waals surface area contributed by atoms with Gasteiger partial charge in [0.15, 0.2) is 17.5 Å². The lowest BCUT2D eigenvalue weighted by Crippen LogP contribution is -2.40. The van der Waals surface area contributed by atoms with Gasteiger partial charge in [-0.15, -0.1) is 11.3 Å². The molecule has 10 aromatic rings. The van der Waals surface area contributed by atoms with E-state index in [0.29, 0.717) is 17.5 Å².